The molecule has 136 valence electrons. The molecule has 0 aliphatic carbocycles. The summed E-state index contributed by atoms with van der Waals surface area (Å²) in [5.74, 6) is 0.274. The topological polar surface area (TPSA) is 116 Å². The van der Waals surface area contributed by atoms with E-state index < -0.39 is 20.0 Å². The molecule has 0 amide bonds. The summed E-state index contributed by atoms with van der Waals surface area (Å²) in [5, 5.41) is 5.04. The Morgan fingerprint density at radius 2 is 1.68 bits per heavy atom. The van der Waals surface area contributed by atoms with Gasteiger partial charge in [0.2, 0.25) is 20.0 Å². The van der Waals surface area contributed by atoms with Crippen LogP contribution in [-0.2, 0) is 26.5 Å². The average Bonchev–Trinajstić information content (AvgIpc) is 2.54. The van der Waals surface area contributed by atoms with Gasteiger partial charge in [-0.05, 0) is 48.7 Å². The molecule has 0 saturated carbocycles. The van der Waals surface area contributed by atoms with E-state index >= 15 is 0 Å². The summed E-state index contributed by atoms with van der Waals surface area (Å²) in [6, 6.07) is 10.9. The maximum absolute atomic E-state index is 12.5. The Bertz CT molecular complexity index is 953. The van der Waals surface area contributed by atoms with Crippen molar-refractivity contribution in [2.75, 3.05) is 13.7 Å². The van der Waals surface area contributed by atoms with Gasteiger partial charge in [-0.3, -0.25) is 0 Å². The Hall–Kier alpha value is -1.94. The molecule has 2 aromatic rings. The first-order chi connectivity index (χ1) is 11.6. The zero-order chi connectivity index (χ0) is 18.7. The molecule has 0 atom stereocenters. The first kappa shape index (κ1) is 19.4. The zero-order valence-corrected chi connectivity index (χ0v) is 15.5. The van der Waals surface area contributed by atoms with Crippen LogP contribution in [0.3, 0.4) is 0 Å². The van der Waals surface area contributed by atoms with Crippen LogP contribution in [0.15, 0.2) is 52.3 Å². The van der Waals surface area contributed by atoms with Crippen molar-refractivity contribution in [3.63, 3.8) is 0 Å². The number of hydrogen-bond acceptors (Lipinski definition) is 5. The van der Waals surface area contributed by atoms with Gasteiger partial charge in [0.15, 0.2) is 0 Å². The standard InChI is InChI=1S/C16H20N2O5S2/c1-12-3-8-15(23-2)16(11-12)25(21,22)18-10-9-13-4-6-14(7-5-13)24(17,19)20/h3-8,11,18H,9-10H2,1-2H3,(H2,17,19,20). The minimum absolute atomic E-state index is 0.0151. The van der Waals surface area contributed by atoms with E-state index in [2.05, 4.69) is 4.72 Å². The van der Waals surface area contributed by atoms with Crippen molar-refractivity contribution in [2.24, 2.45) is 5.14 Å². The van der Waals surface area contributed by atoms with Gasteiger partial charge in [-0.25, -0.2) is 26.7 Å². The van der Waals surface area contributed by atoms with Crippen molar-refractivity contribution in [3.05, 3.63) is 53.6 Å². The van der Waals surface area contributed by atoms with E-state index in [9.17, 15) is 16.8 Å². The number of rotatable bonds is 7. The highest BCUT2D eigenvalue weighted by atomic mass is 32.2. The van der Waals surface area contributed by atoms with Crippen LogP contribution in [0.4, 0.5) is 0 Å². The highest BCUT2D eigenvalue weighted by Crippen LogP contribution is 2.24. The Morgan fingerprint density at radius 3 is 2.24 bits per heavy atom. The first-order valence-electron chi connectivity index (χ1n) is 7.39. The van der Waals surface area contributed by atoms with E-state index in [0.717, 1.165) is 11.1 Å². The lowest BCUT2D eigenvalue weighted by Crippen LogP contribution is -2.26. The molecule has 0 heterocycles. The van der Waals surface area contributed by atoms with E-state index in [-0.39, 0.29) is 22.1 Å². The Morgan fingerprint density at radius 1 is 1.04 bits per heavy atom. The van der Waals surface area contributed by atoms with Crippen LogP contribution >= 0.6 is 0 Å². The molecule has 2 aromatic carbocycles. The lowest BCUT2D eigenvalue weighted by atomic mass is 10.2. The molecule has 25 heavy (non-hydrogen) atoms. The molecule has 0 aromatic heterocycles. The summed E-state index contributed by atoms with van der Waals surface area (Å²) in [6.07, 6.45) is 0.401. The van der Waals surface area contributed by atoms with E-state index in [1.165, 1.54) is 19.2 Å². The number of hydrogen-bond donors (Lipinski definition) is 2. The normalized spacial score (nSPS) is 12.1. The van der Waals surface area contributed by atoms with Crippen LogP contribution < -0.4 is 14.6 Å². The molecule has 0 spiro atoms. The minimum Gasteiger partial charge on any atom is -0.495 e. The van der Waals surface area contributed by atoms with E-state index in [1.807, 2.05) is 0 Å². The summed E-state index contributed by atoms with van der Waals surface area (Å²) >= 11 is 0. The molecule has 2 rings (SSSR count). The predicted octanol–water partition coefficient (Wildman–Crippen LogP) is 1.17. The molecule has 0 bridgehead atoms. The number of methoxy groups -OCH3 is 1. The van der Waals surface area contributed by atoms with E-state index in [1.54, 1.807) is 37.3 Å². The van der Waals surface area contributed by atoms with Crippen LogP contribution in [0.5, 0.6) is 5.75 Å². The van der Waals surface area contributed by atoms with Crippen molar-refractivity contribution in [2.45, 2.75) is 23.1 Å². The number of nitrogens with two attached hydrogens (primary N) is 1. The van der Waals surface area contributed by atoms with Gasteiger partial charge in [0.25, 0.3) is 0 Å². The summed E-state index contributed by atoms with van der Waals surface area (Å²) in [4.78, 5) is 0.0981. The minimum atomic E-state index is -3.74. The van der Waals surface area contributed by atoms with E-state index in [4.69, 9.17) is 9.88 Å². The molecule has 0 fully saturated rings. The van der Waals surface area contributed by atoms with Crippen molar-refractivity contribution in [1.29, 1.82) is 0 Å². The second kappa shape index (κ2) is 7.52. The molecule has 7 nitrogen and oxygen atoms in total. The van der Waals surface area contributed by atoms with Crippen LogP contribution in [0, 0.1) is 6.92 Å². The monoisotopic (exact) mass is 384 g/mol. The zero-order valence-electron chi connectivity index (χ0n) is 13.9. The average molecular weight is 384 g/mol. The third-order valence-corrected chi connectivity index (χ3v) is 5.98. The van der Waals surface area contributed by atoms with Crippen molar-refractivity contribution in [1.82, 2.24) is 4.72 Å². The third kappa shape index (κ3) is 5.02. The number of sulfonamides is 2. The Labute approximate surface area is 147 Å². The maximum atomic E-state index is 12.5. The van der Waals surface area contributed by atoms with Crippen LogP contribution in [-0.4, -0.2) is 30.5 Å². The number of primary sulfonamides is 1. The Balaban J connectivity index is 2.07. The van der Waals surface area contributed by atoms with Gasteiger partial charge in [0.05, 0.1) is 12.0 Å². The van der Waals surface area contributed by atoms with Crippen LogP contribution in [0.2, 0.25) is 0 Å². The third-order valence-electron chi connectivity index (χ3n) is 3.57. The largest absolute Gasteiger partial charge is 0.495 e. The maximum Gasteiger partial charge on any atom is 0.244 e. The summed E-state index contributed by atoms with van der Waals surface area (Å²) in [6.45, 7) is 1.96. The fourth-order valence-electron chi connectivity index (χ4n) is 2.25. The summed E-state index contributed by atoms with van der Waals surface area (Å²) < 4.78 is 55.0. The quantitative estimate of drug-likeness (QED) is 0.743. The molecular formula is C16H20N2O5S2. The molecule has 0 unspecified atom stereocenters. The highest BCUT2D eigenvalue weighted by molar-refractivity contribution is 7.89. The molecule has 0 aliphatic rings. The molecular weight excluding hydrogens is 364 g/mol. The van der Waals surface area contributed by atoms with Crippen molar-refractivity contribution >= 4 is 20.0 Å². The van der Waals surface area contributed by atoms with Gasteiger partial charge in [-0.1, -0.05) is 18.2 Å². The predicted molar refractivity (Wildman–Crippen MR) is 94.4 cm³/mol. The Kier molecular flexibility index (Phi) is 5.83. The first-order valence-corrected chi connectivity index (χ1v) is 10.4. The second-order valence-electron chi connectivity index (χ2n) is 5.49. The fraction of sp³-hybridized carbons (Fsp3) is 0.250. The summed E-state index contributed by atoms with van der Waals surface area (Å²) in [5.41, 5.74) is 1.59. The SMILES string of the molecule is COc1ccc(C)cc1S(=O)(=O)NCCc1ccc(S(N)(=O)=O)cc1. The highest BCUT2D eigenvalue weighted by Gasteiger charge is 2.19. The van der Waals surface area contributed by atoms with Gasteiger partial charge in [-0.15, -0.1) is 0 Å². The summed E-state index contributed by atoms with van der Waals surface area (Å²) in [7, 11) is -6.04. The van der Waals surface area contributed by atoms with E-state index in [0.29, 0.717) is 6.42 Å². The van der Waals surface area contributed by atoms with Crippen molar-refractivity contribution < 1.29 is 21.6 Å². The van der Waals surface area contributed by atoms with Gasteiger partial charge >= 0.3 is 0 Å². The second-order valence-corrected chi connectivity index (χ2v) is 8.79. The molecule has 0 aliphatic heterocycles. The number of nitrogens with one attached hydrogen (secondary N) is 1. The smallest absolute Gasteiger partial charge is 0.244 e. The lowest BCUT2D eigenvalue weighted by Gasteiger charge is -2.11. The van der Waals surface area contributed by atoms with Gasteiger partial charge in [0.1, 0.15) is 10.6 Å². The number of ether oxygens (including phenoxy) is 1. The molecule has 3 N–H and O–H groups in total. The number of aryl methyl sites for hydroxylation is 1. The van der Waals surface area contributed by atoms with Crippen LogP contribution in [0.25, 0.3) is 0 Å². The number of benzene rings is 2. The van der Waals surface area contributed by atoms with Gasteiger partial charge in [0, 0.05) is 6.54 Å². The fourth-order valence-corrected chi connectivity index (χ4v) is 4.05. The molecule has 0 radical (unpaired) electrons. The van der Waals surface area contributed by atoms with Crippen molar-refractivity contribution in [3.8, 4) is 5.75 Å². The van der Waals surface area contributed by atoms with Crippen LogP contribution in [0.1, 0.15) is 11.1 Å². The molecule has 9 heteroatoms. The lowest BCUT2D eigenvalue weighted by molar-refractivity contribution is 0.402. The molecule has 0 saturated heterocycles. The van der Waals surface area contributed by atoms with Gasteiger partial charge < -0.3 is 4.74 Å². The van der Waals surface area contributed by atoms with Gasteiger partial charge in [-0.2, -0.15) is 0 Å².